The number of aliphatic hydroxyl groups is 1. The normalized spacial score (nSPS) is 22.8. The van der Waals surface area contributed by atoms with Gasteiger partial charge in [-0.3, -0.25) is 4.79 Å². The maximum atomic E-state index is 11.8. The van der Waals surface area contributed by atoms with Crippen LogP contribution >= 0.6 is 0 Å². The molecule has 1 aromatic heterocycles. The van der Waals surface area contributed by atoms with Crippen molar-refractivity contribution in [2.45, 2.75) is 18.7 Å². The number of nitrogens with one attached hydrogen (secondary N) is 1. The van der Waals surface area contributed by atoms with Crippen LogP contribution in [0.5, 0.6) is 0 Å². The Balaban J connectivity index is 1.65. The van der Waals surface area contributed by atoms with Crippen LogP contribution in [0, 0.1) is 0 Å². The van der Waals surface area contributed by atoms with Gasteiger partial charge in [-0.2, -0.15) is 15.0 Å². The number of hydrogen-bond acceptors (Lipinski definition) is 5. The molecule has 2 N–H and O–H groups in total. The molecule has 19 heavy (non-hydrogen) atoms. The third-order valence-corrected chi connectivity index (χ3v) is 3.01. The van der Waals surface area contributed by atoms with E-state index < -0.39 is 6.10 Å². The number of nitrogens with zero attached hydrogens (tertiary/aromatic N) is 3. The van der Waals surface area contributed by atoms with Crippen molar-refractivity contribution >= 4 is 16.9 Å². The fourth-order valence-corrected chi connectivity index (χ4v) is 2.04. The zero-order valence-electron chi connectivity index (χ0n) is 10.2. The minimum atomic E-state index is -0.645. The first kappa shape index (κ1) is 12.1. The number of benzene rings is 1. The summed E-state index contributed by atoms with van der Waals surface area (Å²) in [5, 5.41) is 20.6. The molecule has 0 bridgehead atoms. The molecule has 3 rings (SSSR count). The van der Waals surface area contributed by atoms with Crippen LogP contribution < -0.4 is 5.32 Å². The quantitative estimate of drug-likeness (QED) is 0.764. The Labute approximate surface area is 109 Å². The molecule has 0 spiro atoms. The fraction of sp³-hybridized carbons (Fsp3) is 0.417. The molecule has 7 nitrogen and oxygen atoms in total. The van der Waals surface area contributed by atoms with Crippen LogP contribution in [0.15, 0.2) is 24.3 Å². The number of rotatable bonds is 3. The van der Waals surface area contributed by atoms with Crippen LogP contribution in [0.25, 0.3) is 11.0 Å². The lowest BCUT2D eigenvalue weighted by atomic mass is 10.2. The number of ether oxygens (including phenoxy) is 1. The highest BCUT2D eigenvalue weighted by Crippen LogP contribution is 2.07. The van der Waals surface area contributed by atoms with Crippen molar-refractivity contribution in [3.05, 3.63) is 24.3 Å². The lowest BCUT2D eigenvalue weighted by Gasteiger charge is -2.13. The monoisotopic (exact) mass is 262 g/mol. The molecule has 0 saturated carbocycles. The Kier molecular flexibility index (Phi) is 3.14. The van der Waals surface area contributed by atoms with Crippen LogP contribution in [0.2, 0.25) is 0 Å². The van der Waals surface area contributed by atoms with Crippen molar-refractivity contribution in [1.82, 2.24) is 20.3 Å². The topological polar surface area (TPSA) is 89.3 Å². The van der Waals surface area contributed by atoms with E-state index in [0.29, 0.717) is 6.61 Å². The lowest BCUT2D eigenvalue weighted by Crippen LogP contribution is -2.44. The largest absolute Gasteiger partial charge is 0.388 e. The number of aromatic nitrogens is 3. The van der Waals surface area contributed by atoms with E-state index >= 15 is 0 Å². The first-order valence-corrected chi connectivity index (χ1v) is 6.07. The molecule has 2 aromatic rings. The summed E-state index contributed by atoms with van der Waals surface area (Å²) < 4.78 is 5.07. The average molecular weight is 262 g/mol. The van der Waals surface area contributed by atoms with E-state index in [1.807, 2.05) is 24.3 Å². The molecule has 0 radical (unpaired) electrons. The van der Waals surface area contributed by atoms with E-state index in [-0.39, 0.29) is 25.1 Å². The van der Waals surface area contributed by atoms with Gasteiger partial charge in [0.05, 0.1) is 25.4 Å². The van der Waals surface area contributed by atoms with Crippen molar-refractivity contribution in [3.63, 3.8) is 0 Å². The van der Waals surface area contributed by atoms with Gasteiger partial charge < -0.3 is 15.2 Å². The molecule has 1 aromatic carbocycles. The Morgan fingerprint density at radius 2 is 2.05 bits per heavy atom. The molecule has 1 saturated heterocycles. The highest BCUT2D eigenvalue weighted by molar-refractivity contribution is 5.77. The van der Waals surface area contributed by atoms with Crippen LogP contribution in [-0.4, -0.2) is 51.4 Å². The molecule has 100 valence electrons. The maximum Gasteiger partial charge on any atom is 0.243 e. The van der Waals surface area contributed by atoms with Gasteiger partial charge in [-0.15, -0.1) is 0 Å². The number of amides is 1. The predicted octanol–water partition coefficient (Wildman–Crippen LogP) is -0.693. The molecule has 1 aliphatic rings. The summed E-state index contributed by atoms with van der Waals surface area (Å²) in [6.07, 6.45) is -0.645. The standard InChI is InChI=1S/C12H14N4O3/c17-11-7-19-6-10(11)13-12(18)5-16-14-8-3-1-2-4-9(8)15-16/h1-4,10-11,17H,5-7H2,(H,13,18)/t10-,11-/m0/s1. The molecular weight excluding hydrogens is 248 g/mol. The van der Waals surface area contributed by atoms with Crippen LogP contribution in [0.3, 0.4) is 0 Å². The van der Waals surface area contributed by atoms with Gasteiger partial charge in [0, 0.05) is 0 Å². The Hall–Kier alpha value is -1.99. The summed E-state index contributed by atoms with van der Waals surface area (Å²) in [6, 6.07) is 7.07. The SMILES string of the molecule is O=C(Cn1nc2ccccc2n1)N[C@H]1COC[C@@H]1O. The van der Waals surface area contributed by atoms with Crippen LogP contribution in [0.4, 0.5) is 0 Å². The molecule has 2 atom stereocenters. The van der Waals surface area contributed by atoms with E-state index in [1.54, 1.807) is 0 Å². The molecular formula is C12H14N4O3. The number of carbonyl (C=O) groups is 1. The van der Waals surface area contributed by atoms with E-state index in [9.17, 15) is 9.90 Å². The van der Waals surface area contributed by atoms with Crippen LogP contribution in [-0.2, 0) is 16.1 Å². The zero-order chi connectivity index (χ0) is 13.2. The van der Waals surface area contributed by atoms with Gasteiger partial charge in [0.2, 0.25) is 5.91 Å². The first-order chi connectivity index (χ1) is 9.22. The van der Waals surface area contributed by atoms with E-state index in [4.69, 9.17) is 4.74 Å². The number of fused-ring (bicyclic) bond motifs is 1. The molecule has 1 amide bonds. The summed E-state index contributed by atoms with van der Waals surface area (Å²) in [6.45, 7) is 0.619. The van der Waals surface area contributed by atoms with Crippen molar-refractivity contribution in [2.24, 2.45) is 0 Å². The Morgan fingerprint density at radius 3 is 2.63 bits per heavy atom. The van der Waals surface area contributed by atoms with E-state index in [2.05, 4.69) is 15.5 Å². The molecule has 1 aliphatic heterocycles. The van der Waals surface area contributed by atoms with Crippen molar-refractivity contribution in [1.29, 1.82) is 0 Å². The average Bonchev–Trinajstić information content (AvgIpc) is 2.95. The maximum absolute atomic E-state index is 11.8. The van der Waals surface area contributed by atoms with E-state index in [0.717, 1.165) is 11.0 Å². The second kappa shape index (κ2) is 4.94. The zero-order valence-corrected chi connectivity index (χ0v) is 10.2. The summed E-state index contributed by atoms with van der Waals surface area (Å²) in [5.41, 5.74) is 1.50. The number of hydrogen-bond donors (Lipinski definition) is 2. The second-order valence-electron chi connectivity index (χ2n) is 4.50. The third kappa shape index (κ3) is 2.56. The van der Waals surface area contributed by atoms with Gasteiger partial charge in [0.1, 0.15) is 17.6 Å². The smallest absolute Gasteiger partial charge is 0.243 e. The lowest BCUT2D eigenvalue weighted by molar-refractivity contribution is -0.123. The predicted molar refractivity (Wildman–Crippen MR) is 66.3 cm³/mol. The minimum absolute atomic E-state index is 0.0257. The molecule has 1 fully saturated rings. The summed E-state index contributed by atoms with van der Waals surface area (Å²) in [7, 11) is 0. The highest BCUT2D eigenvalue weighted by atomic mass is 16.5. The van der Waals surface area contributed by atoms with Gasteiger partial charge in [0.15, 0.2) is 0 Å². The second-order valence-corrected chi connectivity index (χ2v) is 4.50. The molecule has 7 heteroatoms. The number of carbonyl (C=O) groups excluding carboxylic acids is 1. The molecule has 2 heterocycles. The molecule has 0 unspecified atom stereocenters. The fourth-order valence-electron chi connectivity index (χ4n) is 2.04. The number of aliphatic hydroxyl groups excluding tert-OH is 1. The molecule has 0 aliphatic carbocycles. The van der Waals surface area contributed by atoms with Gasteiger partial charge in [0.25, 0.3) is 0 Å². The summed E-state index contributed by atoms with van der Waals surface area (Å²) in [5.74, 6) is -0.241. The van der Waals surface area contributed by atoms with Crippen molar-refractivity contribution in [3.8, 4) is 0 Å². The summed E-state index contributed by atoms with van der Waals surface area (Å²) in [4.78, 5) is 13.2. The van der Waals surface area contributed by atoms with Gasteiger partial charge >= 0.3 is 0 Å². The highest BCUT2D eigenvalue weighted by Gasteiger charge is 2.27. The van der Waals surface area contributed by atoms with Gasteiger partial charge in [-0.1, -0.05) is 12.1 Å². The van der Waals surface area contributed by atoms with E-state index in [1.165, 1.54) is 4.80 Å². The minimum Gasteiger partial charge on any atom is -0.388 e. The van der Waals surface area contributed by atoms with Crippen LogP contribution in [0.1, 0.15) is 0 Å². The Bertz CT molecular complexity index is 564. The van der Waals surface area contributed by atoms with Crippen molar-refractivity contribution in [2.75, 3.05) is 13.2 Å². The summed E-state index contributed by atoms with van der Waals surface area (Å²) >= 11 is 0. The third-order valence-electron chi connectivity index (χ3n) is 3.01. The first-order valence-electron chi connectivity index (χ1n) is 6.07. The van der Waals surface area contributed by atoms with Crippen molar-refractivity contribution < 1.29 is 14.6 Å². The Morgan fingerprint density at radius 1 is 1.37 bits per heavy atom. The van der Waals surface area contributed by atoms with Gasteiger partial charge in [-0.05, 0) is 12.1 Å². The van der Waals surface area contributed by atoms with Gasteiger partial charge in [-0.25, -0.2) is 0 Å².